The highest BCUT2D eigenvalue weighted by molar-refractivity contribution is 6.30. The predicted octanol–water partition coefficient (Wildman–Crippen LogP) is 2.79. The van der Waals surface area contributed by atoms with Crippen molar-refractivity contribution < 1.29 is 28.2 Å². The van der Waals surface area contributed by atoms with Crippen molar-refractivity contribution in [1.82, 2.24) is 19.7 Å². The zero-order valence-corrected chi connectivity index (χ0v) is 18.8. The molecule has 2 unspecified atom stereocenters. The third-order valence-electron chi connectivity index (χ3n) is 4.82. The van der Waals surface area contributed by atoms with Crippen LogP contribution < -0.4 is 11.0 Å². The first kappa shape index (κ1) is 25.8. The second-order valence-corrected chi connectivity index (χ2v) is 8.17. The van der Waals surface area contributed by atoms with Crippen LogP contribution in [0.2, 0.25) is 10.0 Å². The highest BCUT2D eigenvalue weighted by Gasteiger charge is 2.39. The molecule has 2 atom stereocenters. The van der Waals surface area contributed by atoms with Crippen molar-refractivity contribution in [3.63, 3.8) is 0 Å². The Kier molecular flexibility index (Phi) is 8.03. The largest absolute Gasteiger partial charge is 0.416 e. The molecular weight excluding hydrogens is 500 g/mol. The van der Waals surface area contributed by atoms with Gasteiger partial charge in [-0.3, -0.25) is 9.36 Å². The fourth-order valence-electron chi connectivity index (χ4n) is 3.13. The Bertz CT molecular complexity index is 1210. The first-order valence-electron chi connectivity index (χ1n) is 9.83. The Morgan fingerprint density at radius 2 is 1.79 bits per heavy atom. The number of carbonyl (C=O) groups is 1. The van der Waals surface area contributed by atoms with E-state index in [1.165, 1.54) is 24.3 Å². The molecule has 0 bridgehead atoms. The molecular formula is C21H19Cl2F3N4O4. The maximum Gasteiger partial charge on any atom is 0.416 e. The molecule has 2 aromatic carbocycles. The van der Waals surface area contributed by atoms with E-state index >= 15 is 0 Å². The number of hydrogen-bond acceptors (Lipinski definition) is 5. The minimum Gasteiger partial charge on any atom is -0.394 e. The Morgan fingerprint density at radius 1 is 1.12 bits per heavy atom. The maximum absolute atomic E-state index is 12.9. The maximum atomic E-state index is 12.9. The summed E-state index contributed by atoms with van der Waals surface area (Å²) in [6.45, 7) is -2.24. The molecule has 182 valence electrons. The minimum atomic E-state index is -4.97. The van der Waals surface area contributed by atoms with Crippen LogP contribution in [0.15, 0.2) is 53.3 Å². The van der Waals surface area contributed by atoms with E-state index in [0.717, 1.165) is 0 Å². The molecule has 13 heteroatoms. The average Bonchev–Trinajstić information content (AvgIpc) is 3.07. The van der Waals surface area contributed by atoms with Crippen molar-refractivity contribution in [1.29, 1.82) is 0 Å². The van der Waals surface area contributed by atoms with Crippen molar-refractivity contribution in [3.05, 3.63) is 74.6 Å². The van der Waals surface area contributed by atoms with Crippen LogP contribution in [0.25, 0.3) is 11.4 Å². The summed E-state index contributed by atoms with van der Waals surface area (Å²) in [4.78, 5) is 25.4. The molecule has 1 heterocycles. The number of aliphatic hydroxyl groups is 2. The van der Waals surface area contributed by atoms with Gasteiger partial charge in [-0.25, -0.2) is 9.48 Å². The van der Waals surface area contributed by atoms with Gasteiger partial charge in [-0.05, 0) is 42.0 Å². The van der Waals surface area contributed by atoms with Crippen molar-refractivity contribution in [2.75, 3.05) is 6.61 Å². The van der Waals surface area contributed by atoms with E-state index in [2.05, 4.69) is 10.4 Å². The number of alkyl halides is 3. The van der Waals surface area contributed by atoms with Crippen molar-refractivity contribution in [2.24, 2.45) is 0 Å². The Morgan fingerprint density at radius 3 is 2.38 bits per heavy atom. The molecule has 34 heavy (non-hydrogen) atoms. The van der Waals surface area contributed by atoms with Crippen LogP contribution in [0.1, 0.15) is 11.6 Å². The summed E-state index contributed by atoms with van der Waals surface area (Å²) < 4.78 is 40.1. The van der Waals surface area contributed by atoms with E-state index in [1.54, 1.807) is 24.3 Å². The molecule has 0 aliphatic heterocycles. The lowest BCUT2D eigenvalue weighted by molar-refractivity contribution is -0.207. The van der Waals surface area contributed by atoms with Gasteiger partial charge < -0.3 is 15.5 Å². The van der Waals surface area contributed by atoms with Gasteiger partial charge >= 0.3 is 11.9 Å². The van der Waals surface area contributed by atoms with Gasteiger partial charge in [0, 0.05) is 15.6 Å². The number of hydrogen-bond donors (Lipinski definition) is 3. The van der Waals surface area contributed by atoms with Gasteiger partial charge in [0.05, 0.1) is 19.2 Å². The second-order valence-electron chi connectivity index (χ2n) is 7.30. The number of nitrogens with zero attached hydrogens (tertiary/aromatic N) is 3. The number of carbonyl (C=O) groups excluding carboxylic acids is 1. The Balaban J connectivity index is 1.90. The molecule has 0 aliphatic rings. The van der Waals surface area contributed by atoms with Gasteiger partial charge in [0.15, 0.2) is 11.9 Å². The second kappa shape index (κ2) is 10.6. The quantitative estimate of drug-likeness (QED) is 0.424. The van der Waals surface area contributed by atoms with Gasteiger partial charge in [0.25, 0.3) is 0 Å². The van der Waals surface area contributed by atoms with E-state index < -0.39 is 49.6 Å². The zero-order valence-electron chi connectivity index (χ0n) is 17.3. The lowest BCUT2D eigenvalue weighted by Crippen LogP contribution is -2.39. The molecule has 0 fully saturated rings. The monoisotopic (exact) mass is 518 g/mol. The lowest BCUT2D eigenvalue weighted by Gasteiger charge is -2.17. The van der Waals surface area contributed by atoms with Crippen LogP contribution in [0, 0.1) is 0 Å². The molecule has 0 saturated heterocycles. The van der Waals surface area contributed by atoms with E-state index in [4.69, 9.17) is 23.2 Å². The fraction of sp³-hybridized carbons (Fsp3) is 0.286. The number of aromatic nitrogens is 3. The summed E-state index contributed by atoms with van der Waals surface area (Å²) in [6.07, 6.45) is -7.80. The smallest absolute Gasteiger partial charge is 0.394 e. The molecule has 3 N–H and O–H groups in total. The highest BCUT2D eigenvalue weighted by Crippen LogP contribution is 2.24. The third kappa shape index (κ3) is 6.17. The standard InChI is InChI=1S/C21H19Cl2F3N4O4/c22-14-6-4-12(5-7-14)19-28-30(20(34)29(19)9-17(32)21(24,25)26)10-18(33)27-16(11-31)13-2-1-3-15(23)8-13/h1-8,16-17,31-32H,9-11H2,(H,27,33). The van der Waals surface area contributed by atoms with Crippen molar-refractivity contribution >= 4 is 29.1 Å². The molecule has 3 rings (SSSR count). The van der Waals surface area contributed by atoms with Crippen LogP contribution in [-0.2, 0) is 17.9 Å². The number of amides is 1. The van der Waals surface area contributed by atoms with Crippen LogP contribution in [0.4, 0.5) is 13.2 Å². The third-order valence-corrected chi connectivity index (χ3v) is 5.31. The molecule has 0 aliphatic carbocycles. The lowest BCUT2D eigenvalue weighted by atomic mass is 10.1. The molecule has 8 nitrogen and oxygen atoms in total. The fourth-order valence-corrected chi connectivity index (χ4v) is 3.46. The normalized spacial score (nSPS) is 13.5. The van der Waals surface area contributed by atoms with Crippen molar-refractivity contribution in [3.8, 4) is 11.4 Å². The van der Waals surface area contributed by atoms with Crippen LogP contribution in [0.5, 0.6) is 0 Å². The number of halogens is 5. The summed E-state index contributed by atoms with van der Waals surface area (Å²) in [5.41, 5.74) is -0.273. The summed E-state index contributed by atoms with van der Waals surface area (Å²) >= 11 is 11.8. The van der Waals surface area contributed by atoms with Gasteiger partial charge in [-0.2, -0.15) is 13.2 Å². The van der Waals surface area contributed by atoms with E-state index in [-0.39, 0.29) is 11.4 Å². The topological polar surface area (TPSA) is 109 Å². The minimum absolute atomic E-state index is 0.189. The first-order valence-corrected chi connectivity index (χ1v) is 10.6. The molecule has 0 radical (unpaired) electrons. The Hall–Kier alpha value is -2.86. The molecule has 3 aromatic rings. The van der Waals surface area contributed by atoms with Crippen molar-refractivity contribution in [2.45, 2.75) is 31.4 Å². The number of benzene rings is 2. The molecule has 1 aromatic heterocycles. The average molecular weight is 519 g/mol. The van der Waals surface area contributed by atoms with E-state index in [9.17, 15) is 33.0 Å². The number of aliphatic hydroxyl groups excluding tert-OH is 2. The summed E-state index contributed by atoms with van der Waals surface area (Å²) in [5.74, 6) is -0.920. The predicted molar refractivity (Wildman–Crippen MR) is 118 cm³/mol. The summed E-state index contributed by atoms with van der Waals surface area (Å²) in [5, 5.41) is 26.4. The van der Waals surface area contributed by atoms with Crippen LogP contribution in [-0.4, -0.2) is 49.4 Å². The van der Waals surface area contributed by atoms with E-state index in [1.807, 2.05) is 0 Å². The van der Waals surface area contributed by atoms with Crippen LogP contribution in [0.3, 0.4) is 0 Å². The highest BCUT2D eigenvalue weighted by atomic mass is 35.5. The van der Waals surface area contributed by atoms with Gasteiger partial charge in [-0.1, -0.05) is 35.3 Å². The first-order chi connectivity index (χ1) is 16.0. The summed E-state index contributed by atoms with van der Waals surface area (Å²) in [6, 6.07) is 11.4. The number of nitrogens with one attached hydrogen (secondary N) is 1. The zero-order chi connectivity index (χ0) is 25.0. The number of rotatable bonds is 8. The van der Waals surface area contributed by atoms with Crippen LogP contribution >= 0.6 is 23.2 Å². The SMILES string of the molecule is O=C(Cn1nc(-c2ccc(Cl)cc2)n(CC(O)C(F)(F)F)c1=O)NC(CO)c1cccc(Cl)c1. The summed E-state index contributed by atoms with van der Waals surface area (Å²) in [7, 11) is 0. The van der Waals surface area contributed by atoms with E-state index in [0.29, 0.717) is 24.9 Å². The van der Waals surface area contributed by atoms with Gasteiger partial charge in [0.2, 0.25) is 5.91 Å². The molecule has 1 amide bonds. The molecule has 0 spiro atoms. The Labute approximate surface area is 201 Å². The van der Waals surface area contributed by atoms with Gasteiger partial charge in [0.1, 0.15) is 6.54 Å². The van der Waals surface area contributed by atoms with Gasteiger partial charge in [-0.15, -0.1) is 5.10 Å². The molecule has 0 saturated carbocycles.